The quantitative estimate of drug-likeness (QED) is 0.869. The van der Waals surface area contributed by atoms with Gasteiger partial charge in [0.1, 0.15) is 0 Å². The summed E-state index contributed by atoms with van der Waals surface area (Å²) in [5, 5.41) is 6.50. The normalized spacial score (nSPS) is 13.1. The van der Waals surface area contributed by atoms with E-state index in [9.17, 15) is 0 Å². The van der Waals surface area contributed by atoms with Gasteiger partial charge < -0.3 is 5.73 Å². The number of aryl methyl sites for hydroxylation is 3. The monoisotopic (exact) mass is 235 g/mol. The minimum absolute atomic E-state index is 0.0475. The average molecular weight is 235 g/mol. The SMILES string of the molecule is Cc1ccsc1C(N)c1c(C)nn(C)c1C. The molecule has 1 unspecified atom stereocenters. The molecule has 2 aromatic heterocycles. The van der Waals surface area contributed by atoms with E-state index >= 15 is 0 Å². The zero-order valence-electron chi connectivity index (χ0n) is 10.1. The van der Waals surface area contributed by atoms with Crippen molar-refractivity contribution in [2.75, 3.05) is 0 Å². The van der Waals surface area contributed by atoms with Crippen molar-refractivity contribution in [2.24, 2.45) is 12.8 Å². The van der Waals surface area contributed by atoms with Crippen LogP contribution in [-0.2, 0) is 7.05 Å². The summed E-state index contributed by atoms with van der Waals surface area (Å²) >= 11 is 1.72. The van der Waals surface area contributed by atoms with Gasteiger partial charge in [0.05, 0.1) is 11.7 Å². The van der Waals surface area contributed by atoms with E-state index in [0.717, 1.165) is 17.0 Å². The van der Waals surface area contributed by atoms with Gasteiger partial charge in [-0.3, -0.25) is 4.68 Å². The smallest absolute Gasteiger partial charge is 0.0685 e. The number of aromatic nitrogens is 2. The molecule has 0 spiro atoms. The van der Waals surface area contributed by atoms with Crippen molar-refractivity contribution in [3.05, 3.63) is 38.8 Å². The molecule has 2 heterocycles. The lowest BCUT2D eigenvalue weighted by molar-refractivity contribution is 0.728. The van der Waals surface area contributed by atoms with Crippen LogP contribution >= 0.6 is 11.3 Å². The summed E-state index contributed by atoms with van der Waals surface area (Å²) < 4.78 is 1.90. The fourth-order valence-electron chi connectivity index (χ4n) is 2.07. The second kappa shape index (κ2) is 4.03. The first-order valence-electron chi connectivity index (χ1n) is 5.32. The molecule has 0 radical (unpaired) electrons. The van der Waals surface area contributed by atoms with E-state index in [2.05, 4.69) is 30.4 Å². The van der Waals surface area contributed by atoms with Crippen LogP contribution in [0.5, 0.6) is 0 Å². The summed E-state index contributed by atoms with van der Waals surface area (Å²) in [4.78, 5) is 1.24. The molecule has 0 saturated carbocycles. The van der Waals surface area contributed by atoms with Crippen LogP contribution in [0.3, 0.4) is 0 Å². The fourth-order valence-corrected chi connectivity index (χ4v) is 3.01. The predicted octanol–water partition coefficient (Wildman–Crippen LogP) is 2.45. The molecule has 0 fully saturated rings. The van der Waals surface area contributed by atoms with Crippen molar-refractivity contribution >= 4 is 11.3 Å². The molecule has 0 bridgehead atoms. The van der Waals surface area contributed by atoms with Crippen LogP contribution in [0.4, 0.5) is 0 Å². The molecule has 0 saturated heterocycles. The molecule has 2 aromatic rings. The zero-order chi connectivity index (χ0) is 11.9. The number of rotatable bonds is 2. The van der Waals surface area contributed by atoms with Gasteiger partial charge in [-0.05, 0) is 37.8 Å². The molecule has 1 atom stereocenters. The molecular formula is C12H17N3S. The third-order valence-electron chi connectivity index (χ3n) is 3.06. The number of thiophene rings is 1. The van der Waals surface area contributed by atoms with Gasteiger partial charge >= 0.3 is 0 Å². The predicted molar refractivity (Wildman–Crippen MR) is 67.8 cm³/mol. The molecule has 4 heteroatoms. The highest BCUT2D eigenvalue weighted by Gasteiger charge is 2.20. The van der Waals surface area contributed by atoms with E-state index in [4.69, 9.17) is 5.73 Å². The summed E-state index contributed by atoms with van der Waals surface area (Å²) in [5.41, 5.74) is 10.9. The Kier molecular flexibility index (Phi) is 2.86. The lowest BCUT2D eigenvalue weighted by atomic mass is 10.0. The van der Waals surface area contributed by atoms with Gasteiger partial charge in [0, 0.05) is 23.2 Å². The van der Waals surface area contributed by atoms with Gasteiger partial charge in [-0.1, -0.05) is 0 Å². The second-order valence-corrected chi connectivity index (χ2v) is 5.10. The average Bonchev–Trinajstić information content (AvgIpc) is 2.73. The first-order valence-corrected chi connectivity index (χ1v) is 6.20. The Labute approximate surface area is 99.9 Å². The molecule has 0 amide bonds. The van der Waals surface area contributed by atoms with E-state index in [1.54, 1.807) is 11.3 Å². The van der Waals surface area contributed by atoms with Gasteiger partial charge in [0.25, 0.3) is 0 Å². The maximum absolute atomic E-state index is 6.33. The van der Waals surface area contributed by atoms with Crippen LogP contribution in [0.1, 0.15) is 33.4 Å². The molecule has 0 aliphatic rings. The van der Waals surface area contributed by atoms with Gasteiger partial charge in [-0.25, -0.2) is 0 Å². The van der Waals surface area contributed by atoms with Crippen LogP contribution in [0.25, 0.3) is 0 Å². The maximum atomic E-state index is 6.33. The third-order valence-corrected chi connectivity index (χ3v) is 4.16. The van der Waals surface area contributed by atoms with Crippen LogP contribution in [-0.4, -0.2) is 9.78 Å². The lowest BCUT2D eigenvalue weighted by Gasteiger charge is -2.12. The van der Waals surface area contributed by atoms with Crippen LogP contribution in [0.15, 0.2) is 11.4 Å². The molecule has 2 N–H and O–H groups in total. The first kappa shape index (κ1) is 11.4. The van der Waals surface area contributed by atoms with Crippen LogP contribution < -0.4 is 5.73 Å². The Balaban J connectivity index is 2.49. The molecule has 16 heavy (non-hydrogen) atoms. The van der Waals surface area contributed by atoms with Crippen LogP contribution in [0.2, 0.25) is 0 Å². The molecular weight excluding hydrogens is 218 g/mol. The molecule has 3 nitrogen and oxygen atoms in total. The Morgan fingerprint density at radius 2 is 2.06 bits per heavy atom. The number of hydrogen-bond donors (Lipinski definition) is 1. The van der Waals surface area contributed by atoms with Crippen molar-refractivity contribution in [3.63, 3.8) is 0 Å². The van der Waals surface area contributed by atoms with E-state index in [-0.39, 0.29) is 6.04 Å². The minimum Gasteiger partial charge on any atom is -0.319 e. The summed E-state index contributed by atoms with van der Waals surface area (Å²) in [5.74, 6) is 0. The summed E-state index contributed by atoms with van der Waals surface area (Å²) in [6.45, 7) is 6.19. The summed E-state index contributed by atoms with van der Waals surface area (Å²) in [6, 6.07) is 2.06. The lowest BCUT2D eigenvalue weighted by Crippen LogP contribution is -2.13. The molecule has 86 valence electrons. The van der Waals surface area contributed by atoms with E-state index in [0.29, 0.717) is 0 Å². The Bertz CT molecular complexity index is 510. The first-order chi connectivity index (χ1) is 7.52. The highest BCUT2D eigenvalue weighted by Crippen LogP contribution is 2.30. The van der Waals surface area contributed by atoms with Crippen molar-refractivity contribution in [2.45, 2.75) is 26.8 Å². The Morgan fingerprint density at radius 1 is 1.38 bits per heavy atom. The zero-order valence-corrected chi connectivity index (χ0v) is 10.9. The number of nitrogens with zero attached hydrogens (tertiary/aromatic N) is 2. The fraction of sp³-hybridized carbons (Fsp3) is 0.417. The van der Waals surface area contributed by atoms with Gasteiger partial charge in [0.15, 0.2) is 0 Å². The van der Waals surface area contributed by atoms with E-state index in [1.165, 1.54) is 10.4 Å². The molecule has 0 aliphatic heterocycles. The molecule has 0 aliphatic carbocycles. The standard InChI is InChI=1S/C12H17N3S/c1-7-5-6-16-12(7)11(13)10-8(2)14-15(4)9(10)3/h5-6,11H,13H2,1-4H3. The van der Waals surface area contributed by atoms with Gasteiger partial charge in [-0.2, -0.15) is 5.10 Å². The van der Waals surface area contributed by atoms with Crippen molar-refractivity contribution < 1.29 is 0 Å². The topological polar surface area (TPSA) is 43.8 Å². The van der Waals surface area contributed by atoms with Crippen LogP contribution in [0, 0.1) is 20.8 Å². The largest absolute Gasteiger partial charge is 0.319 e. The third kappa shape index (κ3) is 1.68. The van der Waals surface area contributed by atoms with Crippen molar-refractivity contribution in [1.29, 1.82) is 0 Å². The summed E-state index contributed by atoms with van der Waals surface area (Å²) in [7, 11) is 1.96. The summed E-state index contributed by atoms with van der Waals surface area (Å²) in [6.07, 6.45) is 0. The minimum atomic E-state index is -0.0475. The Hall–Kier alpha value is -1.13. The maximum Gasteiger partial charge on any atom is 0.0685 e. The van der Waals surface area contributed by atoms with Gasteiger partial charge in [-0.15, -0.1) is 11.3 Å². The second-order valence-electron chi connectivity index (χ2n) is 4.15. The Morgan fingerprint density at radius 3 is 2.50 bits per heavy atom. The number of nitrogens with two attached hydrogens (primary N) is 1. The van der Waals surface area contributed by atoms with E-state index < -0.39 is 0 Å². The van der Waals surface area contributed by atoms with Crippen molar-refractivity contribution in [1.82, 2.24) is 9.78 Å². The highest BCUT2D eigenvalue weighted by atomic mass is 32.1. The van der Waals surface area contributed by atoms with E-state index in [1.807, 2.05) is 18.7 Å². The van der Waals surface area contributed by atoms with Gasteiger partial charge in [0.2, 0.25) is 0 Å². The molecule has 2 rings (SSSR count). The number of hydrogen-bond acceptors (Lipinski definition) is 3. The highest BCUT2D eigenvalue weighted by molar-refractivity contribution is 7.10. The van der Waals surface area contributed by atoms with Crippen molar-refractivity contribution in [3.8, 4) is 0 Å². The molecule has 0 aromatic carbocycles.